The fourth-order valence-corrected chi connectivity index (χ4v) is 3.51. The molecule has 2 aliphatic carbocycles. The number of ether oxygens (including phenoxy) is 1. The summed E-state index contributed by atoms with van der Waals surface area (Å²) in [6.07, 6.45) is 0.572. The molecule has 2 aromatic carbocycles. The van der Waals surface area contributed by atoms with Crippen molar-refractivity contribution in [3.8, 4) is 16.9 Å². The molecule has 3 nitrogen and oxygen atoms in total. The summed E-state index contributed by atoms with van der Waals surface area (Å²) in [5.41, 5.74) is 1.28. The molecule has 154 valence electrons. The molecule has 2 saturated carbocycles. The highest BCUT2D eigenvalue weighted by Gasteiger charge is 2.32. The van der Waals surface area contributed by atoms with E-state index in [1.807, 2.05) is 0 Å². The molecule has 0 radical (unpaired) electrons. The highest BCUT2D eigenvalue weighted by molar-refractivity contribution is 5.78. The summed E-state index contributed by atoms with van der Waals surface area (Å²) in [5.74, 6) is 0.0540. The summed E-state index contributed by atoms with van der Waals surface area (Å²) in [7, 11) is 0. The Labute approximate surface area is 167 Å². The number of hydrogen-bond donors (Lipinski definition) is 1. The van der Waals surface area contributed by atoms with Gasteiger partial charge in [-0.25, -0.2) is 0 Å². The minimum atomic E-state index is -4.38. The maximum absolute atomic E-state index is 12.9. The summed E-state index contributed by atoms with van der Waals surface area (Å²) < 4.78 is 44.6. The van der Waals surface area contributed by atoms with Crippen LogP contribution in [0.4, 0.5) is 13.2 Å². The average molecular weight is 404 g/mol. The molecular weight excluding hydrogens is 381 g/mol. The largest absolute Gasteiger partial charge is 0.493 e. The van der Waals surface area contributed by atoms with Gasteiger partial charge in [0.15, 0.2) is 0 Å². The molecule has 29 heavy (non-hydrogen) atoms. The molecule has 0 aromatic heterocycles. The van der Waals surface area contributed by atoms with Crippen molar-refractivity contribution in [3.63, 3.8) is 0 Å². The zero-order valence-electron chi connectivity index (χ0n) is 15.9. The molecular formula is C23H23F3O3. The lowest BCUT2D eigenvalue weighted by atomic mass is 9.91. The number of carbonyl (C=O) groups is 1. The molecule has 1 N–H and O–H groups in total. The quantitative estimate of drug-likeness (QED) is 0.576. The summed E-state index contributed by atoms with van der Waals surface area (Å²) in [6.45, 7) is 0.539. The minimum Gasteiger partial charge on any atom is -0.493 e. The Morgan fingerprint density at radius 3 is 2.24 bits per heavy atom. The zero-order chi connectivity index (χ0) is 20.6. The van der Waals surface area contributed by atoms with E-state index in [0.29, 0.717) is 47.3 Å². The third-order valence-corrected chi connectivity index (χ3v) is 5.67. The lowest BCUT2D eigenvalue weighted by Crippen LogP contribution is -2.13. The normalized spacial score (nSPS) is 17.8. The van der Waals surface area contributed by atoms with Crippen LogP contribution in [0.1, 0.15) is 49.1 Å². The van der Waals surface area contributed by atoms with Gasteiger partial charge in [-0.2, -0.15) is 13.2 Å². The fourth-order valence-electron chi connectivity index (χ4n) is 3.51. The molecule has 0 spiro atoms. The first kappa shape index (κ1) is 19.8. The Kier molecular flexibility index (Phi) is 5.28. The van der Waals surface area contributed by atoms with Crippen molar-refractivity contribution < 1.29 is 27.8 Å². The Bertz CT molecular complexity index is 881. The smallest absolute Gasteiger partial charge is 0.416 e. The number of aliphatic carboxylic acids is 1. The van der Waals surface area contributed by atoms with Crippen molar-refractivity contribution in [2.24, 2.45) is 11.8 Å². The topological polar surface area (TPSA) is 46.5 Å². The number of carboxylic acid groups (broad SMARTS) is 1. The monoisotopic (exact) mass is 404 g/mol. The summed E-state index contributed by atoms with van der Waals surface area (Å²) in [4.78, 5) is 11.8. The van der Waals surface area contributed by atoms with Crippen LogP contribution in [0.15, 0.2) is 42.5 Å². The number of carboxylic acids is 1. The van der Waals surface area contributed by atoms with Crippen molar-refractivity contribution in [1.29, 1.82) is 0 Å². The number of alkyl halides is 3. The van der Waals surface area contributed by atoms with Crippen LogP contribution in [-0.4, -0.2) is 17.7 Å². The van der Waals surface area contributed by atoms with E-state index in [1.54, 1.807) is 18.2 Å². The molecule has 2 aromatic rings. The molecule has 4 rings (SSSR count). The predicted molar refractivity (Wildman–Crippen MR) is 103 cm³/mol. The third-order valence-electron chi connectivity index (χ3n) is 5.67. The Hall–Kier alpha value is -2.50. The minimum absolute atomic E-state index is 0.460. The molecule has 0 saturated heterocycles. The van der Waals surface area contributed by atoms with Gasteiger partial charge in [-0.1, -0.05) is 37.1 Å². The van der Waals surface area contributed by atoms with Crippen molar-refractivity contribution >= 4 is 5.97 Å². The third kappa shape index (κ3) is 4.92. The van der Waals surface area contributed by atoms with Crippen LogP contribution < -0.4 is 4.74 Å². The van der Waals surface area contributed by atoms with Crippen LogP contribution in [0, 0.1) is 11.8 Å². The van der Waals surface area contributed by atoms with Gasteiger partial charge in [-0.05, 0) is 60.4 Å². The van der Waals surface area contributed by atoms with Gasteiger partial charge in [0.1, 0.15) is 5.75 Å². The first-order valence-corrected chi connectivity index (χ1v) is 9.98. The van der Waals surface area contributed by atoms with E-state index in [2.05, 4.69) is 0 Å². The standard InChI is InChI=1S/C23H23F3O3/c24-23(25,26)18-8-5-16(6-9-18)19-10-7-17(12-21(19)29-13-15-3-4-15)20(22(27)28)11-14-1-2-14/h5-10,12,14-15,20H,1-4,11,13H2,(H,27,28). The Morgan fingerprint density at radius 2 is 1.69 bits per heavy atom. The lowest BCUT2D eigenvalue weighted by molar-refractivity contribution is -0.139. The number of halogens is 3. The predicted octanol–water partition coefficient (Wildman–Crippen LogP) is 6.13. The second-order valence-electron chi connectivity index (χ2n) is 8.15. The van der Waals surface area contributed by atoms with E-state index in [1.165, 1.54) is 12.1 Å². The fraction of sp³-hybridized carbons (Fsp3) is 0.435. The van der Waals surface area contributed by atoms with Crippen LogP contribution in [0.3, 0.4) is 0 Å². The van der Waals surface area contributed by atoms with E-state index in [4.69, 9.17) is 4.74 Å². The van der Waals surface area contributed by atoms with E-state index in [-0.39, 0.29) is 0 Å². The van der Waals surface area contributed by atoms with Gasteiger partial charge >= 0.3 is 12.1 Å². The first-order valence-electron chi connectivity index (χ1n) is 9.98. The summed E-state index contributed by atoms with van der Waals surface area (Å²) in [5, 5.41) is 9.67. The van der Waals surface area contributed by atoms with Gasteiger partial charge in [0.05, 0.1) is 18.1 Å². The van der Waals surface area contributed by atoms with Gasteiger partial charge in [-0.15, -0.1) is 0 Å². The molecule has 2 fully saturated rings. The van der Waals surface area contributed by atoms with Crippen LogP contribution in [0.5, 0.6) is 5.75 Å². The van der Waals surface area contributed by atoms with Crippen molar-refractivity contribution in [3.05, 3.63) is 53.6 Å². The van der Waals surface area contributed by atoms with Crippen molar-refractivity contribution in [2.45, 2.75) is 44.2 Å². The second kappa shape index (κ2) is 7.73. The van der Waals surface area contributed by atoms with Crippen molar-refractivity contribution in [1.82, 2.24) is 0 Å². The average Bonchev–Trinajstić information content (AvgIpc) is 3.59. The van der Waals surface area contributed by atoms with Crippen molar-refractivity contribution in [2.75, 3.05) is 6.61 Å². The van der Waals surface area contributed by atoms with Crippen LogP contribution in [0.25, 0.3) is 11.1 Å². The molecule has 2 aliphatic rings. The lowest BCUT2D eigenvalue weighted by Gasteiger charge is -2.17. The number of hydrogen-bond acceptors (Lipinski definition) is 2. The maximum Gasteiger partial charge on any atom is 0.416 e. The molecule has 1 atom stereocenters. The van der Waals surface area contributed by atoms with E-state index in [9.17, 15) is 23.1 Å². The van der Waals surface area contributed by atoms with Gasteiger partial charge in [0.2, 0.25) is 0 Å². The Morgan fingerprint density at radius 1 is 1.03 bits per heavy atom. The molecule has 1 unspecified atom stereocenters. The van der Waals surface area contributed by atoms with Gasteiger partial charge < -0.3 is 9.84 Å². The molecule has 0 heterocycles. The maximum atomic E-state index is 12.9. The zero-order valence-corrected chi connectivity index (χ0v) is 15.9. The van der Waals surface area contributed by atoms with E-state index >= 15 is 0 Å². The van der Waals surface area contributed by atoms with E-state index < -0.39 is 23.6 Å². The molecule has 6 heteroatoms. The molecule has 0 bridgehead atoms. The Balaban J connectivity index is 1.65. The van der Waals surface area contributed by atoms with Gasteiger partial charge in [-0.3, -0.25) is 4.79 Å². The van der Waals surface area contributed by atoms with Gasteiger partial charge in [0.25, 0.3) is 0 Å². The highest BCUT2D eigenvalue weighted by atomic mass is 19.4. The summed E-state index contributed by atoms with van der Waals surface area (Å²) in [6, 6.07) is 10.3. The number of benzene rings is 2. The van der Waals surface area contributed by atoms with E-state index in [0.717, 1.165) is 37.8 Å². The summed E-state index contributed by atoms with van der Waals surface area (Å²) >= 11 is 0. The van der Waals surface area contributed by atoms with Crippen LogP contribution >= 0.6 is 0 Å². The first-order chi connectivity index (χ1) is 13.8. The highest BCUT2D eigenvalue weighted by Crippen LogP contribution is 2.41. The molecule has 0 aliphatic heterocycles. The van der Waals surface area contributed by atoms with Crippen LogP contribution in [0.2, 0.25) is 0 Å². The van der Waals surface area contributed by atoms with Crippen LogP contribution in [-0.2, 0) is 11.0 Å². The number of rotatable bonds is 8. The second-order valence-corrected chi connectivity index (χ2v) is 8.15. The SMILES string of the molecule is O=C(O)C(CC1CC1)c1ccc(-c2ccc(C(F)(F)F)cc2)c(OCC2CC2)c1. The van der Waals surface area contributed by atoms with Gasteiger partial charge in [0, 0.05) is 5.56 Å². The molecule has 0 amide bonds.